The van der Waals surface area contributed by atoms with Crippen LogP contribution in [-0.2, 0) is 9.84 Å². The number of hydrogen-bond acceptors (Lipinski definition) is 4. The van der Waals surface area contributed by atoms with E-state index in [1.165, 1.54) is 70.6 Å². The molecule has 0 aliphatic heterocycles. The Morgan fingerprint density at radius 1 is 0.585 bits per heavy atom. The summed E-state index contributed by atoms with van der Waals surface area (Å²) in [5, 5.41) is 8.82. The average Bonchev–Trinajstić information content (AvgIpc) is 2.99. The summed E-state index contributed by atoms with van der Waals surface area (Å²) in [5.74, 6) is 1.10. The summed E-state index contributed by atoms with van der Waals surface area (Å²) >= 11 is 0. The molecule has 0 fully saturated rings. The maximum Gasteiger partial charge on any atom is 0.178 e. The highest BCUT2D eigenvalue weighted by atomic mass is 32.2. The predicted molar refractivity (Wildman–Crippen MR) is 175 cm³/mol. The number of hydrogen-bond donors (Lipinski definition) is 1. The number of sulfone groups is 1. The highest BCUT2D eigenvalue weighted by Crippen LogP contribution is 2.19. The standard InChI is InChI=1S/C36H56O4S/c1-2-3-4-5-6-7-8-9-10-12-15-18-31-40-35-26-22-33(23-27-35)20-21-34-24-28-36(29-25-34)41(38,39)32-19-16-13-11-14-17-30-37/h20-29,37H,2-19,30-32H2,1H3. The molecule has 1 N–H and O–H groups in total. The smallest absolute Gasteiger partial charge is 0.178 e. The molecule has 0 spiro atoms. The van der Waals surface area contributed by atoms with Crippen LogP contribution in [0.2, 0.25) is 0 Å². The molecule has 2 aromatic rings. The van der Waals surface area contributed by atoms with Gasteiger partial charge in [-0.15, -0.1) is 0 Å². The molecule has 0 bridgehead atoms. The second kappa shape index (κ2) is 22.5. The second-order valence-corrected chi connectivity index (χ2v) is 13.5. The first kappa shape index (κ1) is 35.1. The third-order valence-corrected chi connectivity index (χ3v) is 9.49. The molecule has 0 unspecified atom stereocenters. The molecule has 5 heteroatoms. The summed E-state index contributed by atoms with van der Waals surface area (Å²) in [7, 11) is -3.25. The Balaban J connectivity index is 1.59. The van der Waals surface area contributed by atoms with Crippen LogP contribution in [0.5, 0.6) is 5.75 Å². The van der Waals surface area contributed by atoms with E-state index in [1.54, 1.807) is 12.1 Å². The van der Waals surface area contributed by atoms with Crippen molar-refractivity contribution < 1.29 is 18.3 Å². The molecule has 0 saturated carbocycles. The van der Waals surface area contributed by atoms with E-state index in [0.29, 0.717) is 11.3 Å². The van der Waals surface area contributed by atoms with Crippen LogP contribution in [0.4, 0.5) is 0 Å². The van der Waals surface area contributed by atoms with E-state index in [4.69, 9.17) is 9.84 Å². The average molecular weight is 585 g/mol. The lowest BCUT2D eigenvalue weighted by atomic mass is 10.1. The van der Waals surface area contributed by atoms with Gasteiger partial charge in [0.2, 0.25) is 0 Å². The lowest BCUT2D eigenvalue weighted by molar-refractivity contribution is 0.282. The first-order valence-corrected chi connectivity index (χ1v) is 18.0. The highest BCUT2D eigenvalue weighted by Gasteiger charge is 2.13. The molecule has 4 nitrogen and oxygen atoms in total. The van der Waals surface area contributed by atoms with Crippen LogP contribution in [0.15, 0.2) is 53.4 Å². The van der Waals surface area contributed by atoms with Gasteiger partial charge in [0.05, 0.1) is 17.3 Å². The zero-order chi connectivity index (χ0) is 29.4. The van der Waals surface area contributed by atoms with Crippen molar-refractivity contribution in [3.63, 3.8) is 0 Å². The third kappa shape index (κ3) is 16.8. The topological polar surface area (TPSA) is 63.6 Å². The van der Waals surface area contributed by atoms with Gasteiger partial charge in [-0.2, -0.15) is 0 Å². The monoisotopic (exact) mass is 584 g/mol. The molecule has 0 aliphatic rings. The summed E-state index contributed by atoms with van der Waals surface area (Å²) in [6, 6.07) is 15.3. The van der Waals surface area contributed by atoms with E-state index in [0.717, 1.165) is 62.0 Å². The van der Waals surface area contributed by atoms with Gasteiger partial charge in [-0.1, -0.05) is 140 Å². The maximum atomic E-state index is 12.6. The quantitative estimate of drug-likeness (QED) is 0.0931. The van der Waals surface area contributed by atoms with Crippen LogP contribution < -0.4 is 4.74 Å². The van der Waals surface area contributed by atoms with Gasteiger partial charge in [0, 0.05) is 6.61 Å². The van der Waals surface area contributed by atoms with Gasteiger partial charge in [-0.3, -0.25) is 0 Å². The summed E-state index contributed by atoms with van der Waals surface area (Å²) in [4.78, 5) is 0.393. The molecular weight excluding hydrogens is 528 g/mol. The molecule has 0 atom stereocenters. The van der Waals surface area contributed by atoms with Gasteiger partial charge >= 0.3 is 0 Å². The van der Waals surface area contributed by atoms with Crippen molar-refractivity contribution in [3.8, 4) is 5.75 Å². The third-order valence-electron chi connectivity index (χ3n) is 7.68. The van der Waals surface area contributed by atoms with Crippen LogP contribution in [0.25, 0.3) is 12.2 Å². The van der Waals surface area contributed by atoms with E-state index in [2.05, 4.69) is 19.1 Å². The van der Waals surface area contributed by atoms with E-state index in [-0.39, 0.29) is 12.4 Å². The van der Waals surface area contributed by atoms with Crippen molar-refractivity contribution in [3.05, 3.63) is 59.7 Å². The van der Waals surface area contributed by atoms with Gasteiger partial charge < -0.3 is 9.84 Å². The second-order valence-electron chi connectivity index (χ2n) is 11.4. The molecule has 0 saturated heterocycles. The minimum atomic E-state index is -3.25. The molecular formula is C36H56O4S. The van der Waals surface area contributed by atoms with E-state index >= 15 is 0 Å². The lowest BCUT2D eigenvalue weighted by Gasteiger charge is -2.07. The zero-order valence-electron chi connectivity index (χ0n) is 25.7. The van der Waals surface area contributed by atoms with Gasteiger partial charge in [0.1, 0.15) is 5.75 Å². The summed E-state index contributed by atoms with van der Waals surface area (Å²) in [6.45, 7) is 3.28. The number of ether oxygens (including phenoxy) is 1. The van der Waals surface area contributed by atoms with Crippen molar-refractivity contribution in [2.24, 2.45) is 0 Å². The van der Waals surface area contributed by atoms with Crippen molar-refractivity contribution >= 4 is 22.0 Å². The molecule has 2 rings (SSSR count). The normalized spacial score (nSPS) is 11.9. The first-order chi connectivity index (χ1) is 20.0. The fourth-order valence-corrected chi connectivity index (χ4v) is 6.39. The van der Waals surface area contributed by atoms with Crippen LogP contribution in [0, 0.1) is 0 Å². The predicted octanol–water partition coefficient (Wildman–Crippen LogP) is 10.0. The van der Waals surface area contributed by atoms with Gasteiger partial charge in [-0.05, 0) is 54.7 Å². The van der Waals surface area contributed by atoms with Crippen LogP contribution in [0.3, 0.4) is 0 Å². The fraction of sp³-hybridized carbons (Fsp3) is 0.611. The summed E-state index contributed by atoms with van der Waals surface area (Å²) < 4.78 is 31.2. The highest BCUT2D eigenvalue weighted by molar-refractivity contribution is 7.91. The van der Waals surface area contributed by atoms with Gasteiger partial charge in [-0.25, -0.2) is 8.42 Å². The molecule has 0 heterocycles. The Labute approximate surface area is 251 Å². The molecule has 0 amide bonds. The van der Waals surface area contributed by atoms with Crippen molar-refractivity contribution in [1.29, 1.82) is 0 Å². The Hall–Kier alpha value is -2.11. The number of aliphatic hydroxyl groups is 1. The Morgan fingerprint density at radius 2 is 1.02 bits per heavy atom. The molecule has 41 heavy (non-hydrogen) atoms. The Bertz CT molecular complexity index is 1030. The largest absolute Gasteiger partial charge is 0.494 e. The molecule has 2 aromatic carbocycles. The summed E-state index contributed by atoms with van der Waals surface area (Å²) in [6.07, 6.45) is 25.7. The van der Waals surface area contributed by atoms with Gasteiger partial charge in [0.25, 0.3) is 0 Å². The van der Waals surface area contributed by atoms with Crippen LogP contribution >= 0.6 is 0 Å². The fourth-order valence-electron chi connectivity index (χ4n) is 5.02. The lowest BCUT2D eigenvalue weighted by Crippen LogP contribution is -2.06. The molecule has 0 aliphatic carbocycles. The van der Waals surface area contributed by atoms with Crippen LogP contribution in [-0.4, -0.2) is 32.5 Å². The van der Waals surface area contributed by atoms with E-state index in [1.807, 2.05) is 36.4 Å². The molecule has 0 aromatic heterocycles. The summed E-state index contributed by atoms with van der Waals surface area (Å²) in [5.41, 5.74) is 2.05. The van der Waals surface area contributed by atoms with Crippen molar-refractivity contribution in [1.82, 2.24) is 0 Å². The number of aliphatic hydroxyl groups excluding tert-OH is 1. The Morgan fingerprint density at radius 3 is 1.54 bits per heavy atom. The minimum Gasteiger partial charge on any atom is -0.494 e. The first-order valence-electron chi connectivity index (χ1n) is 16.4. The SMILES string of the molecule is CCCCCCCCCCCCCCOc1ccc(C=Cc2ccc(S(=O)(=O)CCCCCCCCO)cc2)cc1. The molecule has 230 valence electrons. The number of benzene rings is 2. The maximum absolute atomic E-state index is 12.6. The minimum absolute atomic E-state index is 0.190. The van der Waals surface area contributed by atoms with Crippen molar-refractivity contribution in [2.75, 3.05) is 19.0 Å². The van der Waals surface area contributed by atoms with E-state index in [9.17, 15) is 8.42 Å². The molecule has 0 radical (unpaired) electrons. The number of rotatable bonds is 25. The van der Waals surface area contributed by atoms with Crippen molar-refractivity contribution in [2.45, 2.75) is 127 Å². The Kier molecular flexibility index (Phi) is 19.2. The van der Waals surface area contributed by atoms with Gasteiger partial charge in [0.15, 0.2) is 9.84 Å². The zero-order valence-corrected chi connectivity index (χ0v) is 26.5. The number of unbranched alkanes of at least 4 members (excludes halogenated alkanes) is 16. The van der Waals surface area contributed by atoms with E-state index < -0.39 is 9.84 Å². The van der Waals surface area contributed by atoms with Crippen LogP contribution in [0.1, 0.15) is 134 Å².